The van der Waals surface area contributed by atoms with Crippen LogP contribution < -0.4 is 0 Å². The van der Waals surface area contributed by atoms with E-state index >= 15 is 0 Å². The van der Waals surface area contributed by atoms with E-state index in [0.717, 1.165) is 36.1 Å². The van der Waals surface area contributed by atoms with Crippen molar-refractivity contribution in [2.24, 2.45) is 11.8 Å². The predicted molar refractivity (Wildman–Crippen MR) is 114 cm³/mol. The molecule has 0 saturated heterocycles. The molecule has 0 bridgehead atoms. The lowest BCUT2D eigenvalue weighted by Gasteiger charge is -2.27. The third-order valence-electron chi connectivity index (χ3n) is 6.07. The molecule has 2 heterocycles. The fourth-order valence-corrected chi connectivity index (χ4v) is 4.49. The van der Waals surface area contributed by atoms with Crippen LogP contribution in [-0.2, 0) is 24.7 Å². The average molecular weight is 362 g/mol. The van der Waals surface area contributed by atoms with Crippen LogP contribution in [0, 0.1) is 11.8 Å². The van der Waals surface area contributed by atoms with Crippen molar-refractivity contribution in [3.8, 4) is 0 Å². The van der Waals surface area contributed by atoms with Gasteiger partial charge in [-0.25, -0.2) is 0 Å². The minimum absolute atomic E-state index is 0.0929. The molecule has 0 unspecified atom stereocenters. The molecule has 3 aromatic rings. The first-order chi connectivity index (χ1) is 12.7. The molecule has 1 aliphatic carbocycles. The van der Waals surface area contributed by atoms with Gasteiger partial charge in [-0.1, -0.05) is 65.8 Å². The van der Waals surface area contributed by atoms with E-state index in [4.69, 9.17) is 9.40 Å². The zero-order valence-corrected chi connectivity index (χ0v) is 17.6. The summed E-state index contributed by atoms with van der Waals surface area (Å²) in [5, 5.41) is 2.51. The van der Waals surface area contributed by atoms with Gasteiger partial charge in [0.25, 0.3) is 0 Å². The van der Waals surface area contributed by atoms with Gasteiger partial charge in [0.15, 0.2) is 0 Å². The summed E-state index contributed by atoms with van der Waals surface area (Å²) in [5.41, 5.74) is 8.23. The molecule has 1 aliphatic rings. The summed E-state index contributed by atoms with van der Waals surface area (Å²) in [6, 6.07) is 4.58. The van der Waals surface area contributed by atoms with Crippen molar-refractivity contribution in [1.29, 1.82) is 0 Å². The SMILES string of the molecule is C=C1Cc2ncc(CC(C)C)c3oc4c(CC(C)C)ccc(c4c23)C1(C)C. The highest BCUT2D eigenvalue weighted by Gasteiger charge is 2.34. The van der Waals surface area contributed by atoms with Crippen LogP contribution in [0.5, 0.6) is 0 Å². The lowest BCUT2D eigenvalue weighted by molar-refractivity contribution is 0.597. The molecule has 4 rings (SSSR count). The van der Waals surface area contributed by atoms with E-state index in [0.29, 0.717) is 11.8 Å². The third kappa shape index (κ3) is 2.81. The van der Waals surface area contributed by atoms with Gasteiger partial charge >= 0.3 is 0 Å². The van der Waals surface area contributed by atoms with Crippen LogP contribution >= 0.6 is 0 Å². The summed E-state index contributed by atoms with van der Waals surface area (Å²) in [6.07, 6.45) is 4.87. The zero-order chi connectivity index (χ0) is 19.5. The highest BCUT2D eigenvalue weighted by atomic mass is 16.3. The van der Waals surface area contributed by atoms with Gasteiger partial charge in [-0.15, -0.1) is 0 Å². The van der Waals surface area contributed by atoms with Crippen LogP contribution in [0.15, 0.2) is 34.9 Å². The highest BCUT2D eigenvalue weighted by molar-refractivity contribution is 6.11. The maximum atomic E-state index is 6.63. The van der Waals surface area contributed by atoms with Crippen LogP contribution in [0.1, 0.15) is 63.9 Å². The monoisotopic (exact) mass is 361 g/mol. The summed E-state index contributed by atoms with van der Waals surface area (Å²) in [4.78, 5) is 4.89. The lowest BCUT2D eigenvalue weighted by Crippen LogP contribution is -2.20. The molecular weight excluding hydrogens is 330 g/mol. The van der Waals surface area contributed by atoms with E-state index in [9.17, 15) is 0 Å². The van der Waals surface area contributed by atoms with Gasteiger partial charge in [0.1, 0.15) is 11.2 Å². The number of hydrogen-bond donors (Lipinski definition) is 0. The second-order valence-electron chi connectivity index (χ2n) is 9.61. The van der Waals surface area contributed by atoms with Crippen LogP contribution in [0.2, 0.25) is 0 Å². The molecule has 142 valence electrons. The van der Waals surface area contributed by atoms with E-state index in [-0.39, 0.29) is 5.41 Å². The zero-order valence-electron chi connectivity index (χ0n) is 17.6. The Morgan fingerprint density at radius 3 is 2.30 bits per heavy atom. The minimum Gasteiger partial charge on any atom is -0.455 e. The van der Waals surface area contributed by atoms with Gasteiger partial charge < -0.3 is 4.42 Å². The molecule has 0 saturated carbocycles. The van der Waals surface area contributed by atoms with E-state index in [1.54, 1.807) is 0 Å². The molecule has 0 radical (unpaired) electrons. The summed E-state index contributed by atoms with van der Waals surface area (Å²) in [6.45, 7) is 18.0. The van der Waals surface area contributed by atoms with Crippen LogP contribution in [0.4, 0.5) is 0 Å². The number of nitrogens with zero attached hydrogens (tertiary/aromatic N) is 1. The third-order valence-corrected chi connectivity index (χ3v) is 6.07. The second kappa shape index (κ2) is 6.22. The van der Waals surface area contributed by atoms with Crippen LogP contribution in [0.25, 0.3) is 21.9 Å². The maximum Gasteiger partial charge on any atom is 0.142 e. The van der Waals surface area contributed by atoms with Crippen molar-refractivity contribution in [2.45, 2.75) is 66.2 Å². The Labute approximate surface area is 162 Å². The minimum atomic E-state index is -0.0929. The molecule has 2 nitrogen and oxygen atoms in total. The van der Waals surface area contributed by atoms with Crippen molar-refractivity contribution in [3.63, 3.8) is 0 Å². The number of pyridine rings is 1. The molecule has 1 aromatic carbocycles. The Morgan fingerprint density at radius 1 is 1.00 bits per heavy atom. The normalized spacial score (nSPS) is 16.2. The lowest BCUT2D eigenvalue weighted by atomic mass is 9.76. The van der Waals surface area contributed by atoms with Gasteiger partial charge in [-0.05, 0) is 35.8 Å². The van der Waals surface area contributed by atoms with Gasteiger partial charge in [-0.3, -0.25) is 4.98 Å². The number of benzene rings is 1. The standard InChI is InChI=1S/C25H31NO/c1-14(2)10-17-8-9-19-21-22-20(12-16(5)25(19,6)7)26-13-18(11-15(3)4)24(22)27-23(17)21/h8-9,13-15H,5,10-12H2,1-4,6-7H3. The van der Waals surface area contributed by atoms with Crippen LogP contribution in [-0.4, -0.2) is 4.98 Å². The van der Waals surface area contributed by atoms with Gasteiger partial charge in [0.2, 0.25) is 0 Å². The summed E-state index contributed by atoms with van der Waals surface area (Å²) >= 11 is 0. The predicted octanol–water partition coefficient (Wildman–Crippen LogP) is 6.77. The Kier molecular flexibility index (Phi) is 4.21. The number of allylic oxidation sites excluding steroid dienone is 1. The number of aromatic nitrogens is 1. The number of furan rings is 1. The Morgan fingerprint density at radius 2 is 1.63 bits per heavy atom. The number of rotatable bonds is 4. The van der Waals surface area contributed by atoms with Crippen LogP contribution in [0.3, 0.4) is 0 Å². The van der Waals surface area contributed by atoms with Gasteiger partial charge in [-0.2, -0.15) is 0 Å². The molecule has 0 amide bonds. The first-order valence-electron chi connectivity index (χ1n) is 10.2. The van der Waals surface area contributed by atoms with Gasteiger partial charge in [0, 0.05) is 29.0 Å². The van der Waals surface area contributed by atoms with Crippen molar-refractivity contribution < 1.29 is 4.42 Å². The Balaban J connectivity index is 2.15. The second-order valence-corrected chi connectivity index (χ2v) is 9.61. The smallest absolute Gasteiger partial charge is 0.142 e. The van der Waals surface area contributed by atoms with E-state index in [1.165, 1.54) is 33.0 Å². The van der Waals surface area contributed by atoms with E-state index in [2.05, 4.69) is 60.3 Å². The molecule has 0 aliphatic heterocycles. The Bertz CT molecular complexity index is 1050. The number of hydrogen-bond acceptors (Lipinski definition) is 2. The fourth-order valence-electron chi connectivity index (χ4n) is 4.49. The van der Waals surface area contributed by atoms with E-state index < -0.39 is 0 Å². The summed E-state index contributed by atoms with van der Waals surface area (Å²) < 4.78 is 6.63. The first kappa shape index (κ1) is 18.3. The molecule has 27 heavy (non-hydrogen) atoms. The van der Waals surface area contributed by atoms with Crippen molar-refractivity contribution in [2.75, 3.05) is 0 Å². The molecule has 2 heteroatoms. The quantitative estimate of drug-likeness (QED) is 0.479. The average Bonchev–Trinajstić information content (AvgIpc) is 2.94. The fraction of sp³-hybridized carbons (Fsp3) is 0.480. The summed E-state index contributed by atoms with van der Waals surface area (Å²) in [7, 11) is 0. The molecule has 2 aromatic heterocycles. The van der Waals surface area contributed by atoms with Crippen molar-refractivity contribution >= 4 is 21.9 Å². The Hall–Kier alpha value is -2.09. The maximum absolute atomic E-state index is 6.63. The van der Waals surface area contributed by atoms with E-state index in [1.807, 2.05) is 6.20 Å². The highest BCUT2D eigenvalue weighted by Crippen LogP contribution is 2.47. The van der Waals surface area contributed by atoms with Crippen molar-refractivity contribution in [3.05, 3.63) is 52.9 Å². The molecule has 0 fully saturated rings. The largest absolute Gasteiger partial charge is 0.455 e. The molecular formula is C25H31NO. The van der Waals surface area contributed by atoms with Crippen molar-refractivity contribution in [1.82, 2.24) is 4.98 Å². The molecule has 0 atom stereocenters. The summed E-state index contributed by atoms with van der Waals surface area (Å²) in [5.74, 6) is 1.16. The van der Waals surface area contributed by atoms with Gasteiger partial charge in [0.05, 0.1) is 11.1 Å². The topological polar surface area (TPSA) is 26.0 Å². The molecule has 0 spiro atoms. The first-order valence-corrected chi connectivity index (χ1v) is 10.2. The molecule has 0 N–H and O–H groups in total.